The molecule has 1 radical (unpaired) electrons. The SMILES string of the molecule is O=C(O)C1=NN(c2ccc(S(=O)(=O)O)cc2)C(=O)C1N=Nc1ccc(-c2ccc(N=NC3C(=O)N(c4ccc(S(=O)(=O)O)cc4)N=C3C(=O)O)cc2)cc1.[Na]. The summed E-state index contributed by atoms with van der Waals surface area (Å²) in [6.45, 7) is 0. The van der Waals surface area contributed by atoms with Gasteiger partial charge >= 0.3 is 11.9 Å². The van der Waals surface area contributed by atoms with E-state index in [4.69, 9.17) is 9.11 Å². The standard InChI is InChI=1S/C32H22N8O12S2.Na/c41-29-25(27(31(43)44)37-39(29)21-9-13-23(14-10-21)53(47,48)49)35-33-19-5-1-17(2-6-19)18-3-7-20(8-4-18)34-36-26-28(32(45)46)38-40(30(26)42)22-11-15-24(16-12-22)54(50,51)52;/h1-16,25-26H,(H,43,44)(H,45,46)(H,47,48,49)(H,50,51,52);. The number of hydrogen-bond donors (Lipinski definition) is 4. The van der Waals surface area contributed by atoms with E-state index in [9.17, 15) is 46.2 Å². The number of carboxylic acid groups (broad SMARTS) is 2. The molecule has 23 heteroatoms. The number of hydrogen-bond acceptors (Lipinski definition) is 14. The summed E-state index contributed by atoms with van der Waals surface area (Å²) in [5.74, 6) is -4.78. The van der Waals surface area contributed by atoms with Gasteiger partial charge in [0, 0.05) is 29.6 Å². The topological polar surface area (TPSA) is 298 Å². The van der Waals surface area contributed by atoms with Gasteiger partial charge in [0.2, 0.25) is 12.1 Å². The van der Waals surface area contributed by atoms with Crippen molar-refractivity contribution in [3.63, 3.8) is 0 Å². The second kappa shape index (κ2) is 15.8. The van der Waals surface area contributed by atoms with Crippen molar-refractivity contribution in [3.8, 4) is 11.1 Å². The predicted molar refractivity (Wildman–Crippen MR) is 192 cm³/mol. The molecular weight excluding hydrogens is 776 g/mol. The Morgan fingerprint density at radius 1 is 0.545 bits per heavy atom. The summed E-state index contributed by atoms with van der Waals surface area (Å²) in [6.07, 6.45) is 0. The number of azo groups is 2. The molecule has 0 aliphatic carbocycles. The summed E-state index contributed by atoms with van der Waals surface area (Å²) in [5, 5.41) is 44.1. The third-order valence-corrected chi connectivity index (χ3v) is 9.40. The van der Waals surface area contributed by atoms with Gasteiger partial charge in [0.1, 0.15) is 0 Å². The van der Waals surface area contributed by atoms with Crippen LogP contribution < -0.4 is 10.0 Å². The fourth-order valence-corrected chi connectivity index (χ4v) is 5.96. The van der Waals surface area contributed by atoms with E-state index < -0.39 is 77.3 Å². The molecule has 4 aromatic carbocycles. The van der Waals surface area contributed by atoms with Crippen LogP contribution >= 0.6 is 0 Å². The van der Waals surface area contributed by atoms with E-state index in [0.717, 1.165) is 58.5 Å². The van der Waals surface area contributed by atoms with Gasteiger partial charge in [0.15, 0.2) is 11.4 Å². The number of nitrogens with zero attached hydrogens (tertiary/aromatic N) is 8. The van der Waals surface area contributed by atoms with Crippen molar-refractivity contribution < 1.29 is 55.3 Å². The number of benzene rings is 4. The Morgan fingerprint density at radius 3 is 1.13 bits per heavy atom. The Balaban J connectivity index is 0.00000580. The van der Waals surface area contributed by atoms with Crippen LogP contribution in [0.1, 0.15) is 0 Å². The van der Waals surface area contributed by atoms with Crippen molar-refractivity contribution >= 4 is 108 Å². The smallest absolute Gasteiger partial charge is 0.355 e. The molecule has 4 aromatic rings. The molecule has 0 saturated heterocycles. The first-order valence-electron chi connectivity index (χ1n) is 15.0. The molecule has 0 aromatic heterocycles. The molecular formula is C32H22N8NaO12S2. The molecule has 0 spiro atoms. The molecule has 2 unspecified atom stereocenters. The molecule has 20 nitrogen and oxygen atoms in total. The zero-order valence-corrected chi connectivity index (χ0v) is 31.5. The van der Waals surface area contributed by atoms with Crippen molar-refractivity contribution in [2.45, 2.75) is 21.9 Å². The number of rotatable bonds is 11. The van der Waals surface area contributed by atoms with Gasteiger partial charge in [-0.3, -0.25) is 18.7 Å². The summed E-state index contributed by atoms with van der Waals surface area (Å²) in [7, 11) is -9.00. The average molecular weight is 798 g/mol. The molecule has 2 aliphatic heterocycles. The normalized spacial score (nSPS) is 17.4. The Bertz CT molecular complexity index is 2370. The first-order valence-corrected chi connectivity index (χ1v) is 17.9. The minimum atomic E-state index is -4.50. The van der Waals surface area contributed by atoms with E-state index in [-0.39, 0.29) is 52.3 Å². The van der Waals surface area contributed by atoms with Gasteiger partial charge in [-0.25, -0.2) is 9.59 Å². The Morgan fingerprint density at radius 2 is 0.855 bits per heavy atom. The molecule has 2 aliphatic rings. The van der Waals surface area contributed by atoms with Crippen LogP contribution in [0.3, 0.4) is 0 Å². The summed E-state index contributed by atoms with van der Waals surface area (Å²) in [5.41, 5.74) is 0.741. The van der Waals surface area contributed by atoms with Crippen molar-refractivity contribution in [3.05, 3.63) is 97.1 Å². The molecule has 0 bridgehead atoms. The van der Waals surface area contributed by atoms with E-state index in [0.29, 0.717) is 11.1 Å². The van der Waals surface area contributed by atoms with Crippen LogP contribution in [0.25, 0.3) is 11.1 Å². The van der Waals surface area contributed by atoms with Crippen LogP contribution in [-0.2, 0) is 39.4 Å². The van der Waals surface area contributed by atoms with Gasteiger partial charge in [-0.2, -0.15) is 57.5 Å². The van der Waals surface area contributed by atoms with E-state index in [1.165, 1.54) is 0 Å². The van der Waals surface area contributed by atoms with E-state index in [1.54, 1.807) is 48.5 Å². The number of carbonyl (C=O) groups excluding carboxylic acids is 2. The van der Waals surface area contributed by atoms with Crippen molar-refractivity contribution in [2.75, 3.05) is 10.0 Å². The first kappa shape index (κ1) is 40.3. The maximum Gasteiger partial charge on any atom is 0.355 e. The Hall–Kier alpha value is -5.88. The van der Waals surface area contributed by atoms with Crippen molar-refractivity contribution in [2.24, 2.45) is 30.7 Å². The van der Waals surface area contributed by atoms with E-state index in [1.807, 2.05) is 0 Å². The Labute approximate surface area is 332 Å². The fourth-order valence-electron chi connectivity index (χ4n) is 5.00. The van der Waals surface area contributed by atoms with Gasteiger partial charge in [-0.15, -0.1) is 0 Å². The van der Waals surface area contributed by atoms with Gasteiger partial charge in [-0.05, 0) is 83.9 Å². The summed E-state index contributed by atoms with van der Waals surface area (Å²) in [4.78, 5) is 48.8. The second-order valence-electron chi connectivity index (χ2n) is 11.1. The number of carbonyl (C=O) groups is 4. The van der Waals surface area contributed by atoms with E-state index >= 15 is 0 Å². The number of hydrazone groups is 2. The van der Waals surface area contributed by atoms with Crippen LogP contribution in [0.4, 0.5) is 22.7 Å². The molecule has 0 saturated carbocycles. The van der Waals surface area contributed by atoms with Crippen LogP contribution in [0, 0.1) is 0 Å². The average Bonchev–Trinajstić information content (AvgIpc) is 3.65. The minimum Gasteiger partial charge on any atom is -0.477 e. The molecule has 2 heterocycles. The third-order valence-electron chi connectivity index (χ3n) is 7.66. The van der Waals surface area contributed by atoms with Gasteiger partial charge in [0.25, 0.3) is 32.1 Å². The third kappa shape index (κ3) is 8.76. The van der Waals surface area contributed by atoms with Crippen molar-refractivity contribution in [1.29, 1.82) is 0 Å². The molecule has 55 heavy (non-hydrogen) atoms. The van der Waals surface area contributed by atoms with Gasteiger partial charge < -0.3 is 10.2 Å². The van der Waals surface area contributed by atoms with Crippen molar-refractivity contribution in [1.82, 2.24) is 0 Å². The van der Waals surface area contributed by atoms with Gasteiger partial charge in [0.05, 0.1) is 32.5 Å². The summed E-state index contributed by atoms with van der Waals surface area (Å²) in [6, 6.07) is 18.4. The maximum atomic E-state index is 13.0. The zero-order valence-electron chi connectivity index (χ0n) is 27.8. The van der Waals surface area contributed by atoms with Crippen LogP contribution in [-0.4, -0.2) is 113 Å². The second-order valence-corrected chi connectivity index (χ2v) is 14.0. The van der Waals surface area contributed by atoms with Crippen LogP contribution in [0.5, 0.6) is 0 Å². The molecule has 6 rings (SSSR count). The molecule has 2 amide bonds. The maximum absolute atomic E-state index is 13.0. The molecule has 2 atom stereocenters. The quantitative estimate of drug-likeness (QED) is 0.0965. The molecule has 4 N–H and O–H groups in total. The Kier molecular flexibility index (Phi) is 11.6. The summed E-state index contributed by atoms with van der Waals surface area (Å²) < 4.78 is 63.6. The fraction of sp³-hybridized carbons (Fsp3) is 0.0625. The summed E-state index contributed by atoms with van der Waals surface area (Å²) >= 11 is 0. The minimum absolute atomic E-state index is 0. The monoisotopic (exact) mass is 797 g/mol. The predicted octanol–water partition coefficient (Wildman–Crippen LogP) is 3.35. The van der Waals surface area contributed by atoms with Crippen LogP contribution in [0.15, 0.2) is 138 Å². The van der Waals surface area contributed by atoms with Crippen LogP contribution in [0.2, 0.25) is 0 Å². The number of aliphatic carboxylic acids is 2. The number of carboxylic acids is 2. The van der Waals surface area contributed by atoms with Gasteiger partial charge in [-0.1, -0.05) is 24.3 Å². The zero-order chi connectivity index (χ0) is 38.9. The number of amides is 2. The molecule has 0 fully saturated rings. The van der Waals surface area contributed by atoms with E-state index in [2.05, 4.69) is 30.7 Å². The molecule has 275 valence electrons. The number of anilines is 2. The largest absolute Gasteiger partial charge is 0.477 e. The first-order chi connectivity index (χ1) is 25.5.